The number of hydrogen-bond acceptors (Lipinski definition) is 2. The molecule has 0 amide bonds. The fourth-order valence-corrected chi connectivity index (χ4v) is 2.12. The lowest BCUT2D eigenvalue weighted by molar-refractivity contribution is 0.287. The number of rotatable bonds is 6. The number of nitrogens with zero attached hydrogens (tertiary/aromatic N) is 2. The molecule has 2 aromatic rings. The van der Waals surface area contributed by atoms with Crippen molar-refractivity contribution in [3.8, 4) is 0 Å². The van der Waals surface area contributed by atoms with Crippen molar-refractivity contribution in [2.75, 3.05) is 6.61 Å². The molecule has 0 unspecified atom stereocenters. The first kappa shape index (κ1) is 12.1. The summed E-state index contributed by atoms with van der Waals surface area (Å²) in [6.45, 7) is 3.46. The molecule has 0 spiro atoms. The van der Waals surface area contributed by atoms with Crippen molar-refractivity contribution in [2.24, 2.45) is 0 Å². The van der Waals surface area contributed by atoms with Crippen molar-refractivity contribution >= 4 is 11.0 Å². The van der Waals surface area contributed by atoms with Gasteiger partial charge in [0.15, 0.2) is 0 Å². The smallest absolute Gasteiger partial charge is 0.109 e. The molecule has 1 N–H and O–H groups in total. The van der Waals surface area contributed by atoms with Crippen LogP contribution in [0.2, 0.25) is 0 Å². The van der Waals surface area contributed by atoms with Crippen LogP contribution < -0.4 is 0 Å². The molecule has 1 heterocycles. The fraction of sp³-hybridized carbons (Fsp3) is 0.500. The molecule has 2 rings (SSSR count). The second-order valence-electron chi connectivity index (χ2n) is 4.35. The van der Waals surface area contributed by atoms with Gasteiger partial charge in [-0.3, -0.25) is 0 Å². The minimum absolute atomic E-state index is 0.233. The molecule has 1 aromatic heterocycles. The van der Waals surface area contributed by atoms with Crippen LogP contribution in [0.25, 0.3) is 11.0 Å². The third-order valence-corrected chi connectivity index (χ3v) is 3.03. The lowest BCUT2D eigenvalue weighted by Crippen LogP contribution is -2.04. The standard InChI is InChI=1S/C14H20N2O/c1-2-3-10-16-13-8-5-4-7-12(13)15-14(16)9-6-11-17/h4-5,7-8,17H,2-3,6,9-11H2,1H3. The van der Waals surface area contributed by atoms with E-state index in [4.69, 9.17) is 5.11 Å². The fourth-order valence-electron chi connectivity index (χ4n) is 2.12. The van der Waals surface area contributed by atoms with E-state index in [-0.39, 0.29) is 6.61 Å². The van der Waals surface area contributed by atoms with Gasteiger partial charge in [-0.1, -0.05) is 25.5 Å². The first-order valence-electron chi connectivity index (χ1n) is 6.41. The Morgan fingerprint density at radius 3 is 2.82 bits per heavy atom. The van der Waals surface area contributed by atoms with Crippen LogP contribution in [-0.4, -0.2) is 21.3 Å². The zero-order valence-corrected chi connectivity index (χ0v) is 10.4. The second kappa shape index (κ2) is 5.82. The molecule has 0 aliphatic heterocycles. The lowest BCUT2D eigenvalue weighted by atomic mass is 10.2. The Morgan fingerprint density at radius 1 is 1.24 bits per heavy atom. The molecule has 0 bridgehead atoms. The largest absolute Gasteiger partial charge is 0.396 e. The Hall–Kier alpha value is -1.35. The maximum absolute atomic E-state index is 8.93. The highest BCUT2D eigenvalue weighted by Crippen LogP contribution is 2.17. The van der Waals surface area contributed by atoms with Gasteiger partial charge >= 0.3 is 0 Å². The third-order valence-electron chi connectivity index (χ3n) is 3.03. The van der Waals surface area contributed by atoms with E-state index in [1.807, 2.05) is 6.07 Å². The number of para-hydroxylation sites is 2. The molecular formula is C14H20N2O. The minimum Gasteiger partial charge on any atom is -0.396 e. The van der Waals surface area contributed by atoms with Crippen molar-refractivity contribution in [1.82, 2.24) is 9.55 Å². The van der Waals surface area contributed by atoms with Crippen molar-refractivity contribution in [1.29, 1.82) is 0 Å². The zero-order chi connectivity index (χ0) is 12.1. The number of benzene rings is 1. The highest BCUT2D eigenvalue weighted by Gasteiger charge is 2.09. The molecule has 0 radical (unpaired) electrons. The second-order valence-corrected chi connectivity index (χ2v) is 4.35. The van der Waals surface area contributed by atoms with Gasteiger partial charge in [0.05, 0.1) is 11.0 Å². The number of aryl methyl sites for hydroxylation is 2. The maximum atomic E-state index is 8.93. The molecule has 0 saturated carbocycles. The Morgan fingerprint density at radius 2 is 2.06 bits per heavy atom. The summed E-state index contributed by atoms with van der Waals surface area (Å²) in [5.74, 6) is 1.11. The van der Waals surface area contributed by atoms with Crippen molar-refractivity contribution in [3.05, 3.63) is 30.1 Å². The van der Waals surface area contributed by atoms with Gasteiger partial charge in [-0.15, -0.1) is 0 Å². The van der Waals surface area contributed by atoms with E-state index in [0.717, 1.165) is 30.7 Å². The average Bonchev–Trinajstić information content (AvgIpc) is 2.71. The molecule has 3 nitrogen and oxygen atoms in total. The maximum Gasteiger partial charge on any atom is 0.109 e. The Kier molecular flexibility index (Phi) is 4.15. The summed E-state index contributed by atoms with van der Waals surface area (Å²) in [7, 11) is 0. The van der Waals surface area contributed by atoms with Gasteiger partial charge in [-0.05, 0) is 25.0 Å². The highest BCUT2D eigenvalue weighted by molar-refractivity contribution is 5.75. The number of unbranched alkanes of at least 4 members (excludes halogenated alkanes) is 1. The molecule has 0 atom stereocenters. The minimum atomic E-state index is 0.233. The van der Waals surface area contributed by atoms with E-state index in [1.165, 1.54) is 18.4 Å². The average molecular weight is 232 g/mol. The lowest BCUT2D eigenvalue weighted by Gasteiger charge is -2.07. The van der Waals surface area contributed by atoms with E-state index in [2.05, 4.69) is 34.7 Å². The number of fused-ring (bicyclic) bond motifs is 1. The van der Waals surface area contributed by atoms with Gasteiger partial charge in [0.2, 0.25) is 0 Å². The first-order chi connectivity index (χ1) is 8.36. The summed E-state index contributed by atoms with van der Waals surface area (Å²) in [4.78, 5) is 4.65. The van der Waals surface area contributed by atoms with Crippen molar-refractivity contribution in [2.45, 2.75) is 39.2 Å². The van der Waals surface area contributed by atoms with Crippen LogP contribution in [0, 0.1) is 0 Å². The van der Waals surface area contributed by atoms with Gasteiger partial charge in [-0.2, -0.15) is 0 Å². The van der Waals surface area contributed by atoms with Crippen LogP contribution >= 0.6 is 0 Å². The summed E-state index contributed by atoms with van der Waals surface area (Å²) in [6.07, 6.45) is 4.00. The van der Waals surface area contributed by atoms with Gasteiger partial charge in [-0.25, -0.2) is 4.98 Å². The molecule has 17 heavy (non-hydrogen) atoms. The molecule has 0 fully saturated rings. The van der Waals surface area contributed by atoms with E-state index in [1.54, 1.807) is 0 Å². The number of aromatic nitrogens is 2. The molecule has 92 valence electrons. The van der Waals surface area contributed by atoms with Crippen LogP contribution in [0.1, 0.15) is 32.0 Å². The van der Waals surface area contributed by atoms with E-state index in [9.17, 15) is 0 Å². The number of hydrogen-bond donors (Lipinski definition) is 1. The predicted octanol–water partition coefficient (Wildman–Crippen LogP) is 2.76. The van der Waals surface area contributed by atoms with Gasteiger partial charge in [0, 0.05) is 19.6 Å². The summed E-state index contributed by atoms with van der Waals surface area (Å²) in [6, 6.07) is 8.26. The van der Waals surface area contributed by atoms with Crippen LogP contribution in [0.3, 0.4) is 0 Å². The molecule has 0 aliphatic rings. The van der Waals surface area contributed by atoms with Gasteiger partial charge in [0.1, 0.15) is 5.82 Å². The number of aliphatic hydroxyl groups is 1. The van der Waals surface area contributed by atoms with Crippen molar-refractivity contribution in [3.63, 3.8) is 0 Å². The van der Waals surface area contributed by atoms with Crippen LogP contribution in [0.15, 0.2) is 24.3 Å². The summed E-state index contributed by atoms with van der Waals surface area (Å²) < 4.78 is 2.30. The van der Waals surface area contributed by atoms with Crippen LogP contribution in [0.4, 0.5) is 0 Å². The highest BCUT2D eigenvalue weighted by atomic mass is 16.2. The molecule has 0 saturated heterocycles. The van der Waals surface area contributed by atoms with Gasteiger partial charge in [0.25, 0.3) is 0 Å². The van der Waals surface area contributed by atoms with Crippen LogP contribution in [-0.2, 0) is 13.0 Å². The molecular weight excluding hydrogens is 212 g/mol. The SMILES string of the molecule is CCCCn1c(CCCO)nc2ccccc21. The van der Waals surface area contributed by atoms with Crippen molar-refractivity contribution < 1.29 is 5.11 Å². The zero-order valence-electron chi connectivity index (χ0n) is 10.4. The normalized spacial score (nSPS) is 11.2. The quantitative estimate of drug-likeness (QED) is 0.831. The van der Waals surface area contributed by atoms with E-state index >= 15 is 0 Å². The van der Waals surface area contributed by atoms with Crippen LogP contribution in [0.5, 0.6) is 0 Å². The summed E-state index contributed by atoms with van der Waals surface area (Å²) in [5.41, 5.74) is 2.28. The topological polar surface area (TPSA) is 38.0 Å². The third kappa shape index (κ3) is 2.67. The van der Waals surface area contributed by atoms with E-state index in [0.29, 0.717) is 0 Å². The Bertz CT molecular complexity index is 476. The molecule has 0 aliphatic carbocycles. The number of aliphatic hydroxyl groups excluding tert-OH is 1. The predicted molar refractivity (Wildman–Crippen MR) is 70.0 cm³/mol. The Labute approximate surface area is 102 Å². The van der Waals surface area contributed by atoms with E-state index < -0.39 is 0 Å². The number of imidazole rings is 1. The monoisotopic (exact) mass is 232 g/mol. The van der Waals surface area contributed by atoms with Gasteiger partial charge < -0.3 is 9.67 Å². The summed E-state index contributed by atoms with van der Waals surface area (Å²) >= 11 is 0. The molecule has 3 heteroatoms. The Balaban J connectivity index is 2.34. The summed E-state index contributed by atoms with van der Waals surface area (Å²) in [5, 5.41) is 8.93. The molecule has 1 aromatic carbocycles. The first-order valence-corrected chi connectivity index (χ1v) is 6.41.